The maximum atomic E-state index is 10.4. The third-order valence-electron chi connectivity index (χ3n) is 15.0. The van der Waals surface area contributed by atoms with Crippen molar-refractivity contribution in [2.75, 3.05) is 19.8 Å². The van der Waals surface area contributed by atoms with E-state index >= 15 is 0 Å². The summed E-state index contributed by atoms with van der Waals surface area (Å²) in [7, 11) is 0. The average Bonchev–Trinajstić information content (AvgIpc) is 4.40. The summed E-state index contributed by atoms with van der Waals surface area (Å²) in [6.07, 6.45) is 30.6. The Labute approximate surface area is 486 Å². The quantitative estimate of drug-likeness (QED) is 0.0375. The topological polar surface area (TPSA) is 89.5 Å². The standard InChI is InChI=1S/C73H83N3O4S/c1-6-9-12-15-18-21-50-78-58-34-28-54(29-35-58)69-61-40-41-62(74-61)70(55-30-36-59(37-31-55)79-51-22-19-16-13-10-7-2)64-43-45-66(76-64)72(57-32-38-60(39-33-57)80-52-23-20-17-14-11-8-3)68-47-46-67(81-68)71(65-44-42-63(69)75-65)56-26-24-53(25-27-56)48-49-73(4,5)77/h24-47,74,77H,6-23,50-52H2,1-5H3. The highest BCUT2D eigenvalue weighted by Crippen LogP contribution is 2.42. The predicted molar refractivity (Wildman–Crippen MR) is 344 cm³/mol. The molecule has 81 heavy (non-hydrogen) atoms. The zero-order chi connectivity index (χ0) is 56.2. The van der Waals surface area contributed by atoms with Gasteiger partial charge >= 0.3 is 0 Å². The summed E-state index contributed by atoms with van der Waals surface area (Å²) in [5.41, 5.74) is 13.2. The molecule has 7 aromatic rings. The average molecular weight is 1100 g/mol. The molecule has 420 valence electrons. The van der Waals surface area contributed by atoms with Crippen LogP contribution >= 0.6 is 11.3 Å². The van der Waals surface area contributed by atoms with Crippen LogP contribution in [0.3, 0.4) is 0 Å². The molecule has 0 saturated heterocycles. The van der Waals surface area contributed by atoms with Crippen LogP contribution in [0, 0.1) is 11.8 Å². The van der Waals surface area contributed by atoms with Crippen molar-refractivity contribution in [3.05, 3.63) is 150 Å². The van der Waals surface area contributed by atoms with E-state index in [1.165, 1.54) is 96.3 Å². The minimum absolute atomic E-state index is 0.702. The molecule has 0 aliphatic carbocycles. The van der Waals surface area contributed by atoms with Crippen LogP contribution in [0.2, 0.25) is 0 Å². The fourth-order valence-corrected chi connectivity index (χ4v) is 11.8. The van der Waals surface area contributed by atoms with E-state index in [0.29, 0.717) is 19.8 Å². The maximum Gasteiger partial charge on any atom is 0.120 e. The van der Waals surface area contributed by atoms with Gasteiger partial charge in [-0.1, -0.05) is 177 Å². The Balaban J connectivity index is 1.20. The van der Waals surface area contributed by atoms with Crippen LogP contribution in [0.5, 0.6) is 17.2 Å². The van der Waals surface area contributed by atoms with Crippen LogP contribution in [-0.2, 0) is 0 Å². The van der Waals surface area contributed by atoms with Gasteiger partial charge in [0.05, 0.1) is 42.6 Å². The second-order valence-corrected chi connectivity index (χ2v) is 23.3. The fourth-order valence-electron chi connectivity index (χ4n) is 10.6. The molecule has 9 rings (SSSR count). The number of H-pyrrole nitrogens is 1. The van der Waals surface area contributed by atoms with E-state index in [-0.39, 0.29) is 0 Å². The Kier molecular flexibility index (Phi) is 21.3. The molecule has 0 amide bonds. The van der Waals surface area contributed by atoms with Gasteiger partial charge in [-0.25, -0.2) is 9.97 Å². The normalized spacial score (nSPS) is 11.9. The Morgan fingerprint density at radius 1 is 0.407 bits per heavy atom. The molecule has 0 atom stereocenters. The number of aliphatic hydroxyl groups is 1. The molecule has 0 fully saturated rings. The number of nitrogens with one attached hydrogen (secondary N) is 1. The van der Waals surface area contributed by atoms with Crippen LogP contribution in [0.25, 0.3) is 89.2 Å². The van der Waals surface area contributed by atoms with Crippen molar-refractivity contribution in [1.82, 2.24) is 15.0 Å². The number of benzene rings is 4. The largest absolute Gasteiger partial charge is 0.494 e. The summed E-state index contributed by atoms with van der Waals surface area (Å²) in [5.74, 6) is 8.74. The van der Waals surface area contributed by atoms with E-state index in [1.807, 2.05) is 12.1 Å². The number of ether oxygens (including phenoxy) is 3. The number of fused-ring (bicyclic) bond motifs is 8. The summed E-state index contributed by atoms with van der Waals surface area (Å²) < 4.78 is 21.1. The zero-order valence-corrected chi connectivity index (χ0v) is 49.5. The van der Waals surface area contributed by atoms with Gasteiger partial charge in [0.25, 0.3) is 0 Å². The molecule has 0 unspecified atom stereocenters. The van der Waals surface area contributed by atoms with Crippen LogP contribution in [0.1, 0.15) is 179 Å². The minimum Gasteiger partial charge on any atom is -0.494 e. The highest BCUT2D eigenvalue weighted by Gasteiger charge is 2.20. The SMILES string of the molecule is CCCCCCCCOc1ccc(-c2c3nc(c(-c4ccc(C#CC(C)(C)O)cc4)c4ccc(s4)c(-c4ccc(OCCCCCCCC)cc4)c4nc(c(-c5ccc(OCCCCCCCC)cc5)c5ccc2[nH]5)C=C4)C=C3)cc1. The summed E-state index contributed by atoms with van der Waals surface area (Å²) >= 11 is 1.74. The fraction of sp³-hybridized carbons (Fsp3) is 0.370. The van der Waals surface area contributed by atoms with Crippen LogP contribution in [-0.4, -0.2) is 45.5 Å². The number of nitrogens with zero attached hydrogens (tertiary/aromatic N) is 2. The molecular weight excluding hydrogens is 1010 g/mol. The third kappa shape index (κ3) is 16.3. The number of aromatic nitrogens is 3. The number of hydrogen-bond acceptors (Lipinski definition) is 7. The van der Waals surface area contributed by atoms with Crippen LogP contribution < -0.4 is 14.2 Å². The maximum absolute atomic E-state index is 10.4. The van der Waals surface area contributed by atoms with Crippen molar-refractivity contribution in [1.29, 1.82) is 0 Å². The second-order valence-electron chi connectivity index (χ2n) is 22.2. The number of aromatic amines is 1. The van der Waals surface area contributed by atoms with Gasteiger partial charge in [0, 0.05) is 48.3 Å². The lowest BCUT2D eigenvalue weighted by Crippen LogP contribution is -2.14. The Morgan fingerprint density at radius 2 is 0.728 bits per heavy atom. The first-order valence-corrected chi connectivity index (χ1v) is 31.1. The van der Waals surface area contributed by atoms with Crippen molar-refractivity contribution in [3.63, 3.8) is 0 Å². The third-order valence-corrected chi connectivity index (χ3v) is 16.2. The van der Waals surface area contributed by atoms with Gasteiger partial charge < -0.3 is 24.3 Å². The van der Waals surface area contributed by atoms with Gasteiger partial charge in [-0.15, -0.1) is 11.3 Å². The number of unbranched alkanes of at least 4 members (excludes halogenated alkanes) is 15. The first-order chi connectivity index (χ1) is 39.7. The van der Waals surface area contributed by atoms with E-state index in [4.69, 9.17) is 24.2 Å². The summed E-state index contributed by atoms with van der Waals surface area (Å²) in [5, 5.41) is 10.4. The number of hydrogen-bond donors (Lipinski definition) is 2. The molecule has 0 saturated carbocycles. The zero-order valence-electron chi connectivity index (χ0n) is 48.7. The van der Waals surface area contributed by atoms with Crippen molar-refractivity contribution in [3.8, 4) is 73.6 Å². The van der Waals surface area contributed by atoms with E-state index in [9.17, 15) is 5.11 Å². The number of rotatable bonds is 28. The highest BCUT2D eigenvalue weighted by atomic mass is 32.1. The molecule has 4 aromatic carbocycles. The smallest absolute Gasteiger partial charge is 0.120 e. The molecule has 5 heterocycles. The summed E-state index contributed by atoms with van der Waals surface area (Å²) in [4.78, 5) is 15.1. The molecule has 3 aromatic heterocycles. The second kappa shape index (κ2) is 29.5. The minimum atomic E-state index is -1.10. The first-order valence-electron chi connectivity index (χ1n) is 30.3. The lowest BCUT2D eigenvalue weighted by molar-refractivity contribution is 0.143. The number of thiophene rings is 1. The van der Waals surface area contributed by atoms with Gasteiger partial charge in [0.2, 0.25) is 0 Å². The van der Waals surface area contributed by atoms with Crippen LogP contribution in [0.15, 0.2) is 121 Å². The highest BCUT2D eigenvalue weighted by molar-refractivity contribution is 7.24. The van der Waals surface area contributed by atoms with Gasteiger partial charge in [-0.05, 0) is 152 Å². The predicted octanol–water partition coefficient (Wildman–Crippen LogP) is 20.4. The lowest BCUT2D eigenvalue weighted by atomic mass is 10.0. The van der Waals surface area contributed by atoms with E-state index in [2.05, 4.69) is 171 Å². The Hall–Kier alpha value is -7.18. The Morgan fingerprint density at radius 3 is 1.09 bits per heavy atom. The van der Waals surface area contributed by atoms with E-state index in [0.717, 1.165) is 130 Å². The van der Waals surface area contributed by atoms with E-state index < -0.39 is 5.60 Å². The van der Waals surface area contributed by atoms with Crippen molar-refractivity contribution in [2.45, 2.75) is 156 Å². The van der Waals surface area contributed by atoms with Gasteiger partial charge in [-0.3, -0.25) is 0 Å². The molecule has 2 N–H and O–H groups in total. The van der Waals surface area contributed by atoms with Crippen molar-refractivity contribution in [2.24, 2.45) is 0 Å². The molecule has 0 radical (unpaired) electrons. The first kappa shape index (κ1) is 58.5. The van der Waals surface area contributed by atoms with Crippen molar-refractivity contribution < 1.29 is 19.3 Å². The molecule has 0 spiro atoms. The van der Waals surface area contributed by atoms with Crippen molar-refractivity contribution >= 4 is 56.1 Å². The molecule has 2 aliphatic heterocycles. The molecule has 8 heteroatoms. The molecule has 7 nitrogen and oxygen atoms in total. The summed E-state index contributed by atoms with van der Waals surface area (Å²) in [6, 6.07) is 42.7. The molecule has 8 bridgehead atoms. The molecular formula is C73H83N3O4S. The van der Waals surface area contributed by atoms with Gasteiger partial charge in [-0.2, -0.15) is 0 Å². The van der Waals surface area contributed by atoms with Gasteiger partial charge in [0.1, 0.15) is 22.8 Å². The van der Waals surface area contributed by atoms with Crippen LogP contribution in [0.4, 0.5) is 0 Å². The monoisotopic (exact) mass is 1100 g/mol. The molecule has 2 aliphatic rings. The summed E-state index contributed by atoms with van der Waals surface area (Å²) in [6.45, 7) is 12.3. The van der Waals surface area contributed by atoms with Gasteiger partial charge in [0.15, 0.2) is 0 Å². The lowest BCUT2D eigenvalue weighted by Gasteiger charge is -2.10. The van der Waals surface area contributed by atoms with E-state index in [1.54, 1.807) is 25.2 Å². The Bertz CT molecular complexity index is 3380.